The smallest absolute Gasteiger partial charge is 0.308 e. The van der Waals surface area contributed by atoms with Crippen LogP contribution in [0.3, 0.4) is 0 Å². The number of carbonyl (C=O) groups is 2. The molecule has 6 nitrogen and oxygen atoms in total. The summed E-state index contributed by atoms with van der Waals surface area (Å²) < 4.78 is 10.3. The normalized spacial score (nSPS) is 15.9. The maximum Gasteiger partial charge on any atom is 0.308 e. The van der Waals surface area contributed by atoms with Gasteiger partial charge in [0, 0.05) is 0 Å². The minimum atomic E-state index is -0.153. The number of likely N-dealkylation sites (tertiary alicyclic amines) is 1. The molecule has 23 heavy (non-hydrogen) atoms. The summed E-state index contributed by atoms with van der Waals surface area (Å²) in [5.41, 5.74) is 0.684. The lowest BCUT2D eigenvalue weighted by atomic mass is 9.97. The van der Waals surface area contributed by atoms with Gasteiger partial charge in [0.05, 0.1) is 31.9 Å². The van der Waals surface area contributed by atoms with E-state index >= 15 is 0 Å². The summed E-state index contributed by atoms with van der Waals surface area (Å²) in [7, 11) is 1.41. The van der Waals surface area contributed by atoms with Crippen LogP contribution >= 0.6 is 0 Å². The van der Waals surface area contributed by atoms with Crippen molar-refractivity contribution in [3.8, 4) is 5.75 Å². The van der Waals surface area contributed by atoms with Crippen molar-refractivity contribution >= 4 is 17.6 Å². The molecule has 1 aromatic rings. The van der Waals surface area contributed by atoms with Crippen molar-refractivity contribution in [1.82, 2.24) is 4.90 Å². The summed E-state index contributed by atoms with van der Waals surface area (Å²) in [6.45, 7) is 4.22. The molecule has 0 saturated carbocycles. The Morgan fingerprint density at radius 2 is 1.96 bits per heavy atom. The van der Waals surface area contributed by atoms with Crippen LogP contribution < -0.4 is 10.1 Å². The number of hydrogen-bond donors (Lipinski definition) is 1. The Balaban J connectivity index is 1.83. The van der Waals surface area contributed by atoms with Gasteiger partial charge in [-0.1, -0.05) is 12.1 Å². The van der Waals surface area contributed by atoms with Gasteiger partial charge in [0.25, 0.3) is 0 Å². The van der Waals surface area contributed by atoms with Gasteiger partial charge in [0.15, 0.2) is 0 Å². The second-order valence-electron chi connectivity index (χ2n) is 5.55. The number of rotatable bonds is 6. The second kappa shape index (κ2) is 8.53. The molecular formula is C17H24N2O4. The predicted molar refractivity (Wildman–Crippen MR) is 87.4 cm³/mol. The van der Waals surface area contributed by atoms with Gasteiger partial charge in [-0.2, -0.15) is 0 Å². The predicted octanol–water partition coefficient (Wildman–Crippen LogP) is 1.91. The monoisotopic (exact) mass is 320 g/mol. The zero-order valence-electron chi connectivity index (χ0n) is 13.7. The van der Waals surface area contributed by atoms with Crippen molar-refractivity contribution in [2.24, 2.45) is 5.92 Å². The van der Waals surface area contributed by atoms with Crippen molar-refractivity contribution in [3.63, 3.8) is 0 Å². The highest BCUT2D eigenvalue weighted by Crippen LogP contribution is 2.24. The summed E-state index contributed by atoms with van der Waals surface area (Å²) in [6.07, 6.45) is 1.46. The van der Waals surface area contributed by atoms with E-state index in [0.29, 0.717) is 24.6 Å². The van der Waals surface area contributed by atoms with E-state index in [9.17, 15) is 9.59 Å². The fourth-order valence-corrected chi connectivity index (χ4v) is 2.74. The van der Waals surface area contributed by atoms with Crippen molar-refractivity contribution < 1.29 is 19.1 Å². The minimum Gasteiger partial charge on any atom is -0.492 e. The van der Waals surface area contributed by atoms with E-state index in [2.05, 4.69) is 10.2 Å². The maximum atomic E-state index is 12.2. The van der Waals surface area contributed by atoms with Gasteiger partial charge in [0.1, 0.15) is 5.75 Å². The van der Waals surface area contributed by atoms with E-state index in [0.717, 1.165) is 25.9 Å². The van der Waals surface area contributed by atoms with E-state index in [1.165, 1.54) is 7.11 Å². The van der Waals surface area contributed by atoms with Crippen molar-refractivity contribution in [2.75, 3.05) is 38.7 Å². The third-order valence-corrected chi connectivity index (χ3v) is 3.95. The molecule has 1 aromatic carbocycles. The second-order valence-corrected chi connectivity index (χ2v) is 5.55. The fraction of sp³-hybridized carbons (Fsp3) is 0.529. The molecule has 1 fully saturated rings. The SMILES string of the molecule is CCOc1ccccc1NC(=O)CN1CCC(C(=O)OC)CC1. The number of benzene rings is 1. The van der Waals surface area contributed by atoms with E-state index < -0.39 is 0 Å². The van der Waals surface area contributed by atoms with Crippen LogP contribution in [0, 0.1) is 5.92 Å². The molecule has 1 aliphatic rings. The number of ether oxygens (including phenoxy) is 2. The van der Waals surface area contributed by atoms with Gasteiger partial charge < -0.3 is 14.8 Å². The van der Waals surface area contributed by atoms with Crippen LogP contribution in [0.5, 0.6) is 5.75 Å². The van der Waals surface area contributed by atoms with E-state index in [1.807, 2.05) is 31.2 Å². The Hall–Kier alpha value is -2.08. The number of amides is 1. The Labute approximate surface area is 136 Å². The molecule has 6 heteroatoms. The molecule has 0 bridgehead atoms. The lowest BCUT2D eigenvalue weighted by molar-refractivity contribution is -0.147. The zero-order valence-corrected chi connectivity index (χ0v) is 13.7. The number of piperidine rings is 1. The molecule has 0 radical (unpaired) electrons. The Morgan fingerprint density at radius 3 is 2.61 bits per heavy atom. The van der Waals surface area contributed by atoms with Crippen molar-refractivity contribution in [3.05, 3.63) is 24.3 Å². The number of methoxy groups -OCH3 is 1. The van der Waals surface area contributed by atoms with Gasteiger partial charge in [-0.25, -0.2) is 0 Å². The number of para-hydroxylation sites is 2. The third kappa shape index (κ3) is 4.96. The van der Waals surface area contributed by atoms with Crippen molar-refractivity contribution in [1.29, 1.82) is 0 Å². The quantitative estimate of drug-likeness (QED) is 0.811. The molecule has 0 atom stereocenters. The number of esters is 1. The van der Waals surface area contributed by atoms with Crippen LogP contribution in [-0.4, -0.2) is 50.1 Å². The first-order valence-corrected chi connectivity index (χ1v) is 7.96. The van der Waals surface area contributed by atoms with E-state index in [-0.39, 0.29) is 17.8 Å². The highest BCUT2D eigenvalue weighted by molar-refractivity contribution is 5.93. The number of hydrogen-bond acceptors (Lipinski definition) is 5. The molecule has 0 spiro atoms. The van der Waals surface area contributed by atoms with Gasteiger partial charge in [-0.3, -0.25) is 14.5 Å². The van der Waals surface area contributed by atoms with Crippen LogP contribution in [0.1, 0.15) is 19.8 Å². The molecule has 0 unspecified atom stereocenters. The molecule has 126 valence electrons. The lowest BCUT2D eigenvalue weighted by Crippen LogP contribution is -2.41. The first kappa shape index (κ1) is 17.3. The average Bonchev–Trinajstić information content (AvgIpc) is 2.57. The van der Waals surface area contributed by atoms with Gasteiger partial charge in [-0.05, 0) is 45.0 Å². The van der Waals surface area contributed by atoms with Gasteiger partial charge in [-0.15, -0.1) is 0 Å². The van der Waals surface area contributed by atoms with Crippen LogP contribution in [0.2, 0.25) is 0 Å². The number of anilines is 1. The molecule has 1 saturated heterocycles. The Bertz CT molecular complexity index is 539. The van der Waals surface area contributed by atoms with Crippen LogP contribution in [0.4, 0.5) is 5.69 Å². The average molecular weight is 320 g/mol. The van der Waals surface area contributed by atoms with Crippen LogP contribution in [-0.2, 0) is 14.3 Å². The fourth-order valence-electron chi connectivity index (χ4n) is 2.74. The molecular weight excluding hydrogens is 296 g/mol. The van der Waals surface area contributed by atoms with Gasteiger partial charge >= 0.3 is 5.97 Å². The lowest BCUT2D eigenvalue weighted by Gasteiger charge is -2.30. The highest BCUT2D eigenvalue weighted by atomic mass is 16.5. The minimum absolute atomic E-state index is 0.0435. The first-order valence-electron chi connectivity index (χ1n) is 7.96. The standard InChI is InChI=1S/C17H24N2O4/c1-3-23-15-7-5-4-6-14(15)18-16(20)12-19-10-8-13(9-11-19)17(21)22-2/h4-7,13H,3,8-12H2,1-2H3,(H,18,20). The summed E-state index contributed by atoms with van der Waals surface area (Å²) in [6, 6.07) is 7.39. The molecule has 2 rings (SSSR count). The molecule has 0 aliphatic carbocycles. The Kier molecular flexibility index (Phi) is 6.40. The number of carbonyl (C=O) groups excluding carboxylic acids is 2. The third-order valence-electron chi connectivity index (χ3n) is 3.95. The summed E-state index contributed by atoms with van der Waals surface area (Å²) in [5.74, 6) is 0.402. The summed E-state index contributed by atoms with van der Waals surface area (Å²) >= 11 is 0. The van der Waals surface area contributed by atoms with Crippen LogP contribution in [0.25, 0.3) is 0 Å². The number of nitrogens with one attached hydrogen (secondary N) is 1. The van der Waals surface area contributed by atoms with E-state index in [1.54, 1.807) is 0 Å². The number of nitrogens with zero attached hydrogens (tertiary/aromatic N) is 1. The Morgan fingerprint density at radius 1 is 1.26 bits per heavy atom. The molecule has 1 amide bonds. The zero-order chi connectivity index (χ0) is 16.7. The largest absolute Gasteiger partial charge is 0.492 e. The molecule has 0 aromatic heterocycles. The molecule has 1 aliphatic heterocycles. The molecule has 1 heterocycles. The van der Waals surface area contributed by atoms with Gasteiger partial charge in [0.2, 0.25) is 5.91 Å². The topological polar surface area (TPSA) is 67.9 Å². The highest BCUT2D eigenvalue weighted by Gasteiger charge is 2.26. The van der Waals surface area contributed by atoms with E-state index in [4.69, 9.17) is 9.47 Å². The molecule has 1 N–H and O–H groups in total. The first-order chi connectivity index (χ1) is 11.1. The summed E-state index contributed by atoms with van der Waals surface area (Å²) in [5, 5.41) is 2.89. The van der Waals surface area contributed by atoms with Crippen LogP contribution in [0.15, 0.2) is 24.3 Å². The van der Waals surface area contributed by atoms with Crippen molar-refractivity contribution in [2.45, 2.75) is 19.8 Å². The summed E-state index contributed by atoms with van der Waals surface area (Å²) in [4.78, 5) is 25.8. The maximum absolute atomic E-state index is 12.2.